The molecule has 0 radical (unpaired) electrons. The Morgan fingerprint density at radius 2 is 0.795 bits per heavy atom. The average Bonchev–Trinajstić information content (AvgIpc) is 2.90. The van der Waals surface area contributed by atoms with E-state index in [4.69, 9.17) is 9.47 Å². The van der Waals surface area contributed by atoms with E-state index in [2.05, 4.69) is 34.6 Å². The lowest BCUT2D eigenvalue weighted by atomic mass is 9.96. The summed E-state index contributed by atoms with van der Waals surface area (Å²) in [6, 6.07) is 0. The molecular weight excluding hydrogens is 484 g/mol. The fraction of sp³-hybridized carbons (Fsp3) is 0.943. The summed E-state index contributed by atoms with van der Waals surface area (Å²) in [6.45, 7) is 11.3. The molecule has 0 fully saturated rings. The molecule has 0 aromatic heterocycles. The van der Waals surface area contributed by atoms with E-state index in [-0.39, 0.29) is 18.0 Å². The molecule has 4 heteroatoms. The van der Waals surface area contributed by atoms with E-state index in [9.17, 15) is 9.59 Å². The second-order valence-corrected chi connectivity index (χ2v) is 12.6. The molecule has 232 valence electrons. The lowest BCUT2D eigenvalue weighted by molar-refractivity contribution is -0.154. The van der Waals surface area contributed by atoms with Gasteiger partial charge in [-0.1, -0.05) is 157 Å². The molecule has 0 aliphatic rings. The molecule has 0 unspecified atom stereocenters. The summed E-state index contributed by atoms with van der Waals surface area (Å²) in [5.41, 5.74) is 0. The summed E-state index contributed by atoms with van der Waals surface area (Å²) >= 11 is 0. The average molecular weight is 553 g/mol. The van der Waals surface area contributed by atoms with Crippen molar-refractivity contribution in [2.45, 2.75) is 195 Å². The summed E-state index contributed by atoms with van der Waals surface area (Å²) in [6.07, 6.45) is 28.9. The number of ether oxygens (including phenoxy) is 2. The summed E-state index contributed by atoms with van der Waals surface area (Å²) in [7, 11) is 0. The Kier molecular flexibility index (Phi) is 27.7. The molecule has 0 heterocycles. The van der Waals surface area contributed by atoms with Crippen molar-refractivity contribution in [3.05, 3.63) is 0 Å². The van der Waals surface area contributed by atoms with Crippen molar-refractivity contribution in [2.24, 2.45) is 11.8 Å². The molecule has 0 aromatic carbocycles. The van der Waals surface area contributed by atoms with Crippen LogP contribution in [0.15, 0.2) is 0 Å². The third-order valence-corrected chi connectivity index (χ3v) is 7.85. The lowest BCUT2D eigenvalue weighted by Crippen LogP contribution is -2.28. The van der Waals surface area contributed by atoms with Gasteiger partial charge in [-0.2, -0.15) is 0 Å². The van der Waals surface area contributed by atoms with Crippen LogP contribution in [0.2, 0.25) is 0 Å². The van der Waals surface area contributed by atoms with Crippen LogP contribution < -0.4 is 0 Å². The van der Waals surface area contributed by atoms with E-state index in [0.29, 0.717) is 31.3 Å². The van der Waals surface area contributed by atoms with Crippen molar-refractivity contribution in [2.75, 3.05) is 6.61 Å². The third-order valence-electron chi connectivity index (χ3n) is 7.85. The van der Waals surface area contributed by atoms with E-state index in [0.717, 1.165) is 44.9 Å². The molecule has 0 aromatic rings. The lowest BCUT2D eigenvalue weighted by Gasteiger charge is -2.24. The first-order valence-corrected chi connectivity index (χ1v) is 17.2. The van der Waals surface area contributed by atoms with Crippen LogP contribution in [-0.2, 0) is 19.1 Å². The van der Waals surface area contributed by atoms with Crippen LogP contribution in [-0.4, -0.2) is 24.6 Å². The van der Waals surface area contributed by atoms with E-state index in [1.807, 2.05) is 0 Å². The number of carbonyl (C=O) groups excluding carboxylic acids is 2. The van der Waals surface area contributed by atoms with Gasteiger partial charge in [-0.3, -0.25) is 9.59 Å². The fourth-order valence-electron chi connectivity index (χ4n) is 5.41. The van der Waals surface area contributed by atoms with Crippen molar-refractivity contribution in [3.8, 4) is 0 Å². The number of hydrogen-bond acceptors (Lipinski definition) is 4. The highest BCUT2D eigenvalue weighted by Crippen LogP contribution is 2.18. The van der Waals surface area contributed by atoms with Crippen LogP contribution in [0.5, 0.6) is 0 Å². The van der Waals surface area contributed by atoms with Crippen LogP contribution >= 0.6 is 0 Å². The molecule has 0 atom stereocenters. The van der Waals surface area contributed by atoms with Gasteiger partial charge in [0.05, 0.1) is 6.61 Å². The predicted octanol–water partition coefficient (Wildman–Crippen LogP) is 11.1. The molecular formula is C35H68O4. The van der Waals surface area contributed by atoms with Gasteiger partial charge >= 0.3 is 11.9 Å². The minimum absolute atomic E-state index is 0.0151. The fourth-order valence-corrected chi connectivity index (χ4v) is 5.41. The molecule has 4 nitrogen and oxygen atoms in total. The van der Waals surface area contributed by atoms with Crippen LogP contribution in [0.4, 0.5) is 0 Å². The number of carbonyl (C=O) groups is 2. The maximum Gasteiger partial charge on any atom is 0.306 e. The molecule has 0 spiro atoms. The highest BCUT2D eigenvalue weighted by atomic mass is 16.5. The number of esters is 2. The van der Waals surface area contributed by atoms with Gasteiger partial charge < -0.3 is 9.47 Å². The van der Waals surface area contributed by atoms with Gasteiger partial charge in [-0.25, -0.2) is 0 Å². The van der Waals surface area contributed by atoms with Crippen LogP contribution in [0.3, 0.4) is 0 Å². The minimum atomic E-state index is -0.0607. The minimum Gasteiger partial charge on any atom is -0.466 e. The third kappa shape index (κ3) is 26.9. The quantitative estimate of drug-likeness (QED) is 0.0684. The summed E-state index contributed by atoms with van der Waals surface area (Å²) in [5.74, 6) is 0.613. The monoisotopic (exact) mass is 553 g/mol. The molecule has 39 heavy (non-hydrogen) atoms. The Morgan fingerprint density at radius 1 is 0.462 bits per heavy atom. The molecule has 0 aliphatic carbocycles. The molecule has 0 bridgehead atoms. The second-order valence-electron chi connectivity index (χ2n) is 12.6. The summed E-state index contributed by atoms with van der Waals surface area (Å²) in [4.78, 5) is 24.0. The Hall–Kier alpha value is -1.06. The van der Waals surface area contributed by atoms with Gasteiger partial charge in [-0.05, 0) is 31.1 Å². The number of rotatable bonds is 29. The maximum absolute atomic E-state index is 12.1. The van der Waals surface area contributed by atoms with Crippen LogP contribution in [0, 0.1) is 11.8 Å². The standard InChI is InChI=1S/C35H68O4/c1-6-7-8-9-10-11-12-13-14-15-16-17-18-21-24-27-30-38-33(36)28-25-22-19-20-23-26-29-34(37)39-35(31(2)3)32(4)5/h31-32,35H,6-30H2,1-5H3. The van der Waals surface area contributed by atoms with Crippen LogP contribution in [0.25, 0.3) is 0 Å². The molecule has 0 saturated carbocycles. The van der Waals surface area contributed by atoms with E-state index >= 15 is 0 Å². The first-order chi connectivity index (χ1) is 18.9. The summed E-state index contributed by atoms with van der Waals surface area (Å²) < 4.78 is 11.1. The van der Waals surface area contributed by atoms with Crippen molar-refractivity contribution in [3.63, 3.8) is 0 Å². The van der Waals surface area contributed by atoms with Crippen LogP contribution in [0.1, 0.15) is 189 Å². The molecule has 0 saturated heterocycles. The topological polar surface area (TPSA) is 52.6 Å². The molecule has 0 N–H and O–H groups in total. The Labute approximate surface area is 244 Å². The highest BCUT2D eigenvalue weighted by Gasteiger charge is 2.21. The Morgan fingerprint density at radius 3 is 1.18 bits per heavy atom. The van der Waals surface area contributed by atoms with Gasteiger partial charge in [-0.15, -0.1) is 0 Å². The first-order valence-electron chi connectivity index (χ1n) is 17.2. The smallest absolute Gasteiger partial charge is 0.306 e. The Bertz CT molecular complexity index is 535. The zero-order valence-corrected chi connectivity index (χ0v) is 27.0. The van der Waals surface area contributed by atoms with Crippen molar-refractivity contribution in [1.29, 1.82) is 0 Å². The normalized spacial score (nSPS) is 11.6. The number of unbranched alkanes of at least 4 members (excludes halogenated alkanes) is 20. The Balaban J connectivity index is 3.34. The van der Waals surface area contributed by atoms with E-state index in [1.54, 1.807) is 0 Å². The zero-order valence-electron chi connectivity index (χ0n) is 27.0. The largest absolute Gasteiger partial charge is 0.466 e. The van der Waals surface area contributed by atoms with Gasteiger partial charge in [0, 0.05) is 12.8 Å². The van der Waals surface area contributed by atoms with Gasteiger partial charge in [0.25, 0.3) is 0 Å². The van der Waals surface area contributed by atoms with E-state index < -0.39 is 0 Å². The molecule has 0 amide bonds. The highest BCUT2D eigenvalue weighted by molar-refractivity contribution is 5.69. The van der Waals surface area contributed by atoms with Crippen molar-refractivity contribution < 1.29 is 19.1 Å². The second kappa shape index (κ2) is 28.5. The zero-order chi connectivity index (χ0) is 29.0. The SMILES string of the molecule is CCCCCCCCCCCCCCCCCCOC(=O)CCCCCCCCC(=O)OC(C(C)C)C(C)C. The van der Waals surface area contributed by atoms with Gasteiger partial charge in [0.15, 0.2) is 0 Å². The first kappa shape index (κ1) is 37.9. The van der Waals surface area contributed by atoms with E-state index in [1.165, 1.54) is 96.3 Å². The predicted molar refractivity (Wildman–Crippen MR) is 167 cm³/mol. The van der Waals surface area contributed by atoms with Gasteiger partial charge in [0.2, 0.25) is 0 Å². The van der Waals surface area contributed by atoms with Crippen molar-refractivity contribution >= 4 is 11.9 Å². The molecule has 0 rings (SSSR count). The molecule has 0 aliphatic heterocycles. The maximum atomic E-state index is 12.1. The van der Waals surface area contributed by atoms with Gasteiger partial charge in [0.1, 0.15) is 6.10 Å². The number of hydrogen-bond donors (Lipinski definition) is 0. The summed E-state index contributed by atoms with van der Waals surface area (Å²) in [5, 5.41) is 0. The van der Waals surface area contributed by atoms with Crippen molar-refractivity contribution in [1.82, 2.24) is 0 Å².